The molecule has 0 aliphatic carbocycles. The molecule has 0 aliphatic rings. The first-order chi connectivity index (χ1) is 12.0. The van der Waals surface area contributed by atoms with Crippen LogP contribution in [0.25, 0.3) is 0 Å². The number of hydrogen-bond donors (Lipinski definition) is 1. The number of hydrogen-bond acceptors (Lipinski definition) is 3. The number of rotatable bonds is 7. The highest BCUT2D eigenvalue weighted by atomic mass is 35.5. The molecule has 6 heteroatoms. The minimum atomic E-state index is -0.140. The molecule has 0 bridgehead atoms. The lowest BCUT2D eigenvalue weighted by Crippen LogP contribution is -2.33. The Morgan fingerprint density at radius 2 is 1.92 bits per heavy atom. The first-order valence-electron chi connectivity index (χ1n) is 7.93. The molecule has 2 amide bonds. The van der Waals surface area contributed by atoms with Gasteiger partial charge in [0.1, 0.15) is 5.75 Å². The zero-order valence-electron chi connectivity index (χ0n) is 14.3. The van der Waals surface area contributed by atoms with Gasteiger partial charge >= 0.3 is 0 Å². The molecule has 0 aliphatic heterocycles. The molecule has 0 aromatic heterocycles. The van der Waals surface area contributed by atoms with Gasteiger partial charge < -0.3 is 15.0 Å². The van der Waals surface area contributed by atoms with Gasteiger partial charge in [-0.15, -0.1) is 0 Å². The lowest BCUT2D eigenvalue weighted by atomic mass is 10.2. The number of para-hydroxylation sites is 1. The van der Waals surface area contributed by atoms with Gasteiger partial charge in [-0.3, -0.25) is 9.59 Å². The summed E-state index contributed by atoms with van der Waals surface area (Å²) in [5.74, 6) is 0.450. The number of halogens is 1. The summed E-state index contributed by atoms with van der Waals surface area (Å²) in [6.07, 6.45) is 0.196. The third-order valence-corrected chi connectivity index (χ3v) is 3.97. The van der Waals surface area contributed by atoms with Crippen molar-refractivity contribution in [1.82, 2.24) is 5.32 Å². The lowest BCUT2D eigenvalue weighted by Gasteiger charge is -2.21. The first kappa shape index (κ1) is 18.8. The molecule has 0 spiro atoms. The van der Waals surface area contributed by atoms with E-state index in [1.54, 1.807) is 31.4 Å². The van der Waals surface area contributed by atoms with E-state index in [0.717, 1.165) is 11.3 Å². The van der Waals surface area contributed by atoms with Crippen LogP contribution in [0.15, 0.2) is 48.5 Å². The fourth-order valence-corrected chi connectivity index (χ4v) is 2.64. The van der Waals surface area contributed by atoms with Gasteiger partial charge in [-0.25, -0.2) is 0 Å². The summed E-state index contributed by atoms with van der Waals surface area (Å²) in [6.45, 7) is 2.13. The Hall–Kier alpha value is -2.53. The highest BCUT2D eigenvalue weighted by molar-refractivity contribution is 6.30. The molecule has 0 unspecified atom stereocenters. The van der Waals surface area contributed by atoms with Crippen molar-refractivity contribution in [2.75, 3.05) is 18.6 Å². The summed E-state index contributed by atoms with van der Waals surface area (Å²) in [7, 11) is 1.59. The topological polar surface area (TPSA) is 58.6 Å². The molecule has 0 saturated heterocycles. The third kappa shape index (κ3) is 5.50. The second kappa shape index (κ2) is 9.08. The van der Waals surface area contributed by atoms with Gasteiger partial charge in [-0.1, -0.05) is 35.9 Å². The number of benzene rings is 2. The maximum atomic E-state index is 12.1. The van der Waals surface area contributed by atoms with Gasteiger partial charge in [0, 0.05) is 42.7 Å². The number of nitrogens with one attached hydrogen (secondary N) is 1. The van der Waals surface area contributed by atoms with Gasteiger partial charge in [0.25, 0.3) is 0 Å². The molecule has 0 atom stereocenters. The van der Waals surface area contributed by atoms with Crippen LogP contribution in [0.2, 0.25) is 5.02 Å². The van der Waals surface area contributed by atoms with E-state index in [1.807, 2.05) is 24.3 Å². The van der Waals surface area contributed by atoms with Crippen LogP contribution in [0.1, 0.15) is 18.9 Å². The highest BCUT2D eigenvalue weighted by Gasteiger charge is 2.14. The zero-order chi connectivity index (χ0) is 18.2. The largest absolute Gasteiger partial charge is 0.496 e. The Balaban J connectivity index is 1.92. The monoisotopic (exact) mass is 360 g/mol. The van der Waals surface area contributed by atoms with Gasteiger partial charge in [0.2, 0.25) is 11.8 Å². The van der Waals surface area contributed by atoms with E-state index < -0.39 is 0 Å². The van der Waals surface area contributed by atoms with Crippen LogP contribution < -0.4 is 15.0 Å². The average molecular weight is 361 g/mol. The fourth-order valence-electron chi connectivity index (χ4n) is 2.46. The summed E-state index contributed by atoms with van der Waals surface area (Å²) < 4.78 is 5.26. The molecule has 2 aromatic carbocycles. The Bertz CT molecular complexity index is 749. The van der Waals surface area contributed by atoms with Crippen LogP contribution in [0.4, 0.5) is 5.69 Å². The van der Waals surface area contributed by atoms with E-state index in [4.69, 9.17) is 16.3 Å². The molecule has 25 heavy (non-hydrogen) atoms. The zero-order valence-corrected chi connectivity index (χ0v) is 15.0. The second-order valence-electron chi connectivity index (χ2n) is 5.49. The van der Waals surface area contributed by atoms with Crippen molar-refractivity contribution in [3.05, 3.63) is 59.1 Å². The van der Waals surface area contributed by atoms with Crippen molar-refractivity contribution in [3.63, 3.8) is 0 Å². The normalized spacial score (nSPS) is 10.2. The quantitative estimate of drug-likeness (QED) is 0.823. The van der Waals surface area contributed by atoms with Crippen LogP contribution >= 0.6 is 11.6 Å². The molecule has 1 N–H and O–H groups in total. The van der Waals surface area contributed by atoms with Crippen molar-refractivity contribution >= 4 is 29.1 Å². The number of carbonyl (C=O) groups excluding carboxylic acids is 2. The summed E-state index contributed by atoms with van der Waals surface area (Å²) >= 11 is 5.97. The van der Waals surface area contributed by atoms with Gasteiger partial charge in [-0.2, -0.15) is 0 Å². The number of ether oxygens (including phenoxy) is 1. The van der Waals surface area contributed by atoms with Crippen molar-refractivity contribution in [1.29, 1.82) is 0 Å². The van der Waals surface area contributed by atoms with E-state index in [-0.39, 0.29) is 24.8 Å². The summed E-state index contributed by atoms with van der Waals surface area (Å²) in [5.41, 5.74) is 1.58. The van der Waals surface area contributed by atoms with E-state index in [0.29, 0.717) is 17.3 Å². The third-order valence-electron chi connectivity index (χ3n) is 3.73. The second-order valence-corrected chi connectivity index (χ2v) is 5.93. The van der Waals surface area contributed by atoms with Crippen LogP contribution in [-0.2, 0) is 16.1 Å². The maximum Gasteiger partial charge on any atom is 0.223 e. The smallest absolute Gasteiger partial charge is 0.223 e. The van der Waals surface area contributed by atoms with Gasteiger partial charge in [-0.05, 0) is 24.3 Å². The molecule has 132 valence electrons. The van der Waals surface area contributed by atoms with Crippen LogP contribution in [0.5, 0.6) is 5.75 Å². The minimum absolute atomic E-state index is 0.139. The number of nitrogens with zero attached hydrogens (tertiary/aromatic N) is 1. The SMILES string of the molecule is COc1ccccc1CNC(=O)CCN(C(C)=O)c1cccc(Cl)c1. The molecule has 0 heterocycles. The standard InChI is InChI=1S/C19H21ClN2O3/c1-14(23)22(17-8-5-7-16(20)12-17)11-10-19(24)21-13-15-6-3-4-9-18(15)25-2/h3-9,12H,10-11,13H2,1-2H3,(H,21,24). The maximum absolute atomic E-state index is 12.1. The Morgan fingerprint density at radius 3 is 2.60 bits per heavy atom. The van der Waals surface area contributed by atoms with E-state index >= 15 is 0 Å². The lowest BCUT2D eigenvalue weighted by molar-refractivity contribution is -0.121. The molecule has 0 fully saturated rings. The summed E-state index contributed by atoms with van der Waals surface area (Å²) in [4.78, 5) is 25.5. The van der Waals surface area contributed by atoms with Crippen LogP contribution in [0.3, 0.4) is 0 Å². The molecule has 2 rings (SSSR count). The van der Waals surface area contributed by atoms with Gasteiger partial charge in [0.05, 0.1) is 7.11 Å². The number of carbonyl (C=O) groups is 2. The molecular weight excluding hydrogens is 340 g/mol. The first-order valence-corrected chi connectivity index (χ1v) is 8.31. The van der Waals surface area contributed by atoms with Crippen molar-refractivity contribution < 1.29 is 14.3 Å². The summed E-state index contributed by atoms with van der Waals surface area (Å²) in [5, 5.41) is 3.39. The molecule has 2 aromatic rings. The highest BCUT2D eigenvalue weighted by Crippen LogP contribution is 2.20. The predicted molar refractivity (Wildman–Crippen MR) is 98.9 cm³/mol. The molecule has 0 saturated carbocycles. The summed E-state index contributed by atoms with van der Waals surface area (Å²) in [6, 6.07) is 14.5. The minimum Gasteiger partial charge on any atom is -0.496 e. The van der Waals surface area contributed by atoms with Crippen molar-refractivity contribution in [2.45, 2.75) is 19.9 Å². The number of anilines is 1. The van der Waals surface area contributed by atoms with E-state index in [2.05, 4.69) is 5.32 Å². The van der Waals surface area contributed by atoms with Gasteiger partial charge in [0.15, 0.2) is 0 Å². The van der Waals surface area contributed by atoms with Crippen LogP contribution in [0, 0.1) is 0 Å². The fraction of sp³-hybridized carbons (Fsp3) is 0.263. The molecule has 0 radical (unpaired) electrons. The average Bonchev–Trinajstić information content (AvgIpc) is 2.60. The Morgan fingerprint density at radius 1 is 1.16 bits per heavy atom. The van der Waals surface area contributed by atoms with Crippen molar-refractivity contribution in [3.8, 4) is 5.75 Å². The van der Waals surface area contributed by atoms with E-state index in [1.165, 1.54) is 11.8 Å². The Kier molecular flexibility index (Phi) is 6.83. The number of methoxy groups -OCH3 is 1. The Labute approximate surface area is 152 Å². The molecular formula is C19H21ClN2O3. The van der Waals surface area contributed by atoms with E-state index in [9.17, 15) is 9.59 Å². The predicted octanol–water partition coefficient (Wildman–Crippen LogP) is 3.41. The molecule has 5 nitrogen and oxygen atoms in total. The number of amides is 2. The van der Waals surface area contributed by atoms with Crippen LogP contribution in [-0.4, -0.2) is 25.5 Å². The van der Waals surface area contributed by atoms with Crippen molar-refractivity contribution in [2.24, 2.45) is 0 Å².